The summed E-state index contributed by atoms with van der Waals surface area (Å²) in [6.45, 7) is 2.66. The second-order valence-corrected chi connectivity index (χ2v) is 5.94. The molecule has 108 valence electrons. The van der Waals surface area contributed by atoms with E-state index in [4.69, 9.17) is 5.73 Å². The number of halogens is 1. The van der Waals surface area contributed by atoms with Crippen molar-refractivity contribution in [3.05, 3.63) is 22.7 Å². The summed E-state index contributed by atoms with van der Waals surface area (Å²) in [4.78, 5) is 25.6. The van der Waals surface area contributed by atoms with E-state index in [9.17, 15) is 9.59 Å². The van der Waals surface area contributed by atoms with Crippen LogP contribution in [0.15, 0.2) is 22.7 Å². The summed E-state index contributed by atoms with van der Waals surface area (Å²) in [7, 11) is 0. The molecule has 1 aromatic carbocycles. The number of anilines is 2. The van der Waals surface area contributed by atoms with E-state index in [1.165, 1.54) is 0 Å². The van der Waals surface area contributed by atoms with Gasteiger partial charge in [-0.3, -0.25) is 9.59 Å². The molecule has 1 aliphatic heterocycles. The van der Waals surface area contributed by atoms with Gasteiger partial charge in [-0.1, -0.05) is 6.92 Å². The van der Waals surface area contributed by atoms with Gasteiger partial charge in [-0.2, -0.15) is 0 Å². The van der Waals surface area contributed by atoms with E-state index in [-0.39, 0.29) is 24.3 Å². The van der Waals surface area contributed by atoms with Crippen molar-refractivity contribution in [2.75, 3.05) is 24.1 Å². The highest BCUT2D eigenvalue weighted by molar-refractivity contribution is 9.10. The lowest BCUT2D eigenvalue weighted by atomic mass is 9.99. The number of likely N-dealkylation sites (tertiary alicyclic amines) is 1. The van der Waals surface area contributed by atoms with Crippen LogP contribution in [0.4, 0.5) is 11.4 Å². The second kappa shape index (κ2) is 6.26. The quantitative estimate of drug-likeness (QED) is 0.829. The van der Waals surface area contributed by atoms with Gasteiger partial charge < -0.3 is 16.0 Å². The number of carbonyl (C=O) groups excluding carboxylic acids is 2. The molecule has 0 spiro atoms. The maximum Gasteiger partial charge on any atom is 0.244 e. The molecule has 6 heteroatoms. The van der Waals surface area contributed by atoms with Crippen molar-refractivity contribution < 1.29 is 9.59 Å². The Hall–Kier alpha value is -1.56. The molecular weight excluding hydrogens is 322 g/mol. The van der Waals surface area contributed by atoms with Gasteiger partial charge in [0.2, 0.25) is 11.8 Å². The minimum absolute atomic E-state index is 0.0137. The summed E-state index contributed by atoms with van der Waals surface area (Å²) >= 11 is 3.35. The van der Waals surface area contributed by atoms with E-state index in [0.717, 1.165) is 17.3 Å². The first-order chi connectivity index (χ1) is 9.47. The van der Waals surface area contributed by atoms with E-state index in [1.807, 2.05) is 6.92 Å². The van der Waals surface area contributed by atoms with Gasteiger partial charge in [-0.05, 0) is 47.0 Å². The van der Waals surface area contributed by atoms with E-state index < -0.39 is 0 Å². The fourth-order valence-corrected chi connectivity index (χ4v) is 2.78. The molecule has 0 saturated carbocycles. The van der Waals surface area contributed by atoms with Crippen LogP contribution in [0, 0.1) is 5.92 Å². The largest absolute Gasteiger partial charge is 0.399 e. The van der Waals surface area contributed by atoms with Crippen molar-refractivity contribution in [2.45, 2.75) is 19.8 Å². The van der Waals surface area contributed by atoms with Crippen molar-refractivity contribution in [3.8, 4) is 0 Å². The van der Waals surface area contributed by atoms with Gasteiger partial charge in [0.05, 0.1) is 12.2 Å². The van der Waals surface area contributed by atoms with Crippen molar-refractivity contribution in [3.63, 3.8) is 0 Å². The molecule has 1 aromatic rings. The lowest BCUT2D eigenvalue weighted by molar-refractivity contribution is -0.140. The van der Waals surface area contributed by atoms with Crippen molar-refractivity contribution in [1.82, 2.24) is 4.90 Å². The number of rotatable bonds is 3. The summed E-state index contributed by atoms with van der Waals surface area (Å²) in [5, 5.41) is 2.78. The van der Waals surface area contributed by atoms with Crippen LogP contribution in [-0.4, -0.2) is 29.8 Å². The number of piperidine rings is 1. The zero-order chi connectivity index (χ0) is 14.7. The van der Waals surface area contributed by atoms with Crippen LogP contribution >= 0.6 is 15.9 Å². The number of nitrogens with two attached hydrogens (primary N) is 1. The minimum Gasteiger partial charge on any atom is -0.399 e. The maximum absolute atomic E-state index is 12.0. The fraction of sp³-hybridized carbons (Fsp3) is 0.429. The number of carbonyl (C=O) groups is 2. The molecule has 0 bridgehead atoms. The molecular formula is C14H18BrN3O2. The zero-order valence-corrected chi connectivity index (χ0v) is 12.9. The predicted molar refractivity (Wildman–Crippen MR) is 82.2 cm³/mol. The Morgan fingerprint density at radius 1 is 1.55 bits per heavy atom. The third-order valence-corrected chi connectivity index (χ3v) is 4.06. The normalized spacial score (nSPS) is 19.0. The third-order valence-electron chi connectivity index (χ3n) is 3.40. The van der Waals surface area contributed by atoms with Crippen LogP contribution in [0.5, 0.6) is 0 Å². The molecule has 0 radical (unpaired) electrons. The number of benzene rings is 1. The highest BCUT2D eigenvalue weighted by Gasteiger charge is 2.26. The van der Waals surface area contributed by atoms with Gasteiger partial charge in [0.25, 0.3) is 0 Å². The van der Waals surface area contributed by atoms with Crippen molar-refractivity contribution >= 4 is 39.1 Å². The number of nitrogens with zero attached hydrogens (tertiary/aromatic N) is 1. The van der Waals surface area contributed by atoms with Gasteiger partial charge in [-0.15, -0.1) is 0 Å². The molecule has 1 saturated heterocycles. The highest BCUT2D eigenvalue weighted by Crippen LogP contribution is 2.24. The first-order valence-corrected chi connectivity index (χ1v) is 7.40. The second-order valence-electron chi connectivity index (χ2n) is 5.09. The van der Waals surface area contributed by atoms with Gasteiger partial charge in [0.1, 0.15) is 0 Å². The molecule has 3 N–H and O–H groups in total. The monoisotopic (exact) mass is 339 g/mol. The standard InChI is InChI=1S/C14H18BrN3O2/c1-9-3-2-6-18(14(9)20)8-13(19)17-12-5-4-10(16)7-11(12)15/h4-5,7,9H,2-3,6,8,16H2,1H3,(H,17,19). The average molecular weight is 340 g/mol. The molecule has 0 aromatic heterocycles. The number of nitrogens with one attached hydrogen (secondary N) is 1. The molecule has 1 fully saturated rings. The summed E-state index contributed by atoms with van der Waals surface area (Å²) in [6.07, 6.45) is 1.85. The van der Waals surface area contributed by atoms with Crippen LogP contribution in [0.2, 0.25) is 0 Å². The average Bonchev–Trinajstić information content (AvgIpc) is 2.38. The molecule has 5 nitrogen and oxygen atoms in total. The summed E-state index contributed by atoms with van der Waals surface area (Å²) < 4.78 is 0.726. The fourth-order valence-electron chi connectivity index (χ4n) is 2.29. The third kappa shape index (κ3) is 3.50. The Balaban J connectivity index is 1.97. The van der Waals surface area contributed by atoms with Crippen LogP contribution in [0.25, 0.3) is 0 Å². The highest BCUT2D eigenvalue weighted by atomic mass is 79.9. The molecule has 2 rings (SSSR count). The number of nitrogen functional groups attached to an aromatic ring is 1. The summed E-state index contributed by atoms with van der Waals surface area (Å²) in [5.74, 6) is -0.125. The zero-order valence-electron chi connectivity index (χ0n) is 11.4. The first-order valence-electron chi connectivity index (χ1n) is 6.61. The molecule has 0 aliphatic carbocycles. The molecule has 1 heterocycles. The minimum atomic E-state index is -0.196. The van der Waals surface area contributed by atoms with Crippen LogP contribution in [0.3, 0.4) is 0 Å². The van der Waals surface area contributed by atoms with Crippen LogP contribution in [-0.2, 0) is 9.59 Å². The molecule has 2 amide bonds. The Morgan fingerprint density at radius 2 is 2.30 bits per heavy atom. The number of amides is 2. The summed E-state index contributed by atoms with van der Waals surface area (Å²) in [5.41, 5.74) is 6.92. The maximum atomic E-state index is 12.0. The number of hydrogen-bond acceptors (Lipinski definition) is 3. The Morgan fingerprint density at radius 3 is 3.00 bits per heavy atom. The van der Waals surface area contributed by atoms with Gasteiger partial charge >= 0.3 is 0 Å². The first kappa shape index (κ1) is 14.8. The number of hydrogen-bond donors (Lipinski definition) is 2. The molecule has 20 heavy (non-hydrogen) atoms. The van der Waals surface area contributed by atoms with E-state index >= 15 is 0 Å². The predicted octanol–water partition coefficient (Wildman–Crippen LogP) is 2.23. The SMILES string of the molecule is CC1CCCN(CC(=O)Nc2ccc(N)cc2Br)C1=O. The van der Waals surface area contributed by atoms with E-state index in [2.05, 4.69) is 21.2 Å². The van der Waals surface area contributed by atoms with Crippen molar-refractivity contribution in [1.29, 1.82) is 0 Å². The Labute approximate surface area is 126 Å². The molecule has 1 atom stereocenters. The lowest BCUT2D eigenvalue weighted by Gasteiger charge is -2.30. The van der Waals surface area contributed by atoms with Crippen molar-refractivity contribution in [2.24, 2.45) is 5.92 Å². The van der Waals surface area contributed by atoms with E-state index in [1.54, 1.807) is 23.1 Å². The Kier molecular flexibility index (Phi) is 4.65. The topological polar surface area (TPSA) is 75.4 Å². The van der Waals surface area contributed by atoms with E-state index in [0.29, 0.717) is 17.9 Å². The summed E-state index contributed by atoms with van der Waals surface area (Å²) in [6, 6.07) is 5.18. The van der Waals surface area contributed by atoms with Gasteiger partial charge in [-0.25, -0.2) is 0 Å². The van der Waals surface area contributed by atoms with Crippen LogP contribution in [0.1, 0.15) is 19.8 Å². The lowest BCUT2D eigenvalue weighted by Crippen LogP contribution is -2.44. The molecule has 1 aliphatic rings. The molecule has 1 unspecified atom stereocenters. The van der Waals surface area contributed by atoms with Gasteiger partial charge in [0.15, 0.2) is 0 Å². The van der Waals surface area contributed by atoms with Crippen LogP contribution < -0.4 is 11.1 Å². The van der Waals surface area contributed by atoms with Gasteiger partial charge in [0, 0.05) is 22.6 Å². The Bertz CT molecular complexity index is 533. The smallest absolute Gasteiger partial charge is 0.244 e.